The molecular weight excluding hydrogens is 355 g/mol. The van der Waals surface area contributed by atoms with Crippen molar-refractivity contribution in [1.82, 2.24) is 9.55 Å². The zero-order valence-corrected chi connectivity index (χ0v) is 12.0. The second-order valence-corrected chi connectivity index (χ2v) is 5.02. The number of nitrogens with zero attached hydrogens (tertiary/aromatic N) is 1. The summed E-state index contributed by atoms with van der Waals surface area (Å²) in [6.07, 6.45) is -4.85. The minimum atomic E-state index is -4.85. The van der Waals surface area contributed by atoms with E-state index in [0.29, 0.717) is 4.57 Å². The number of hydrogen-bond donors (Lipinski definition) is 1. The first-order valence-electron chi connectivity index (χ1n) is 5.20. The van der Waals surface area contributed by atoms with Gasteiger partial charge in [-0.1, -0.05) is 34.8 Å². The molecule has 0 saturated carbocycles. The quantitative estimate of drug-likeness (QED) is 0.792. The number of alkyl halides is 3. The largest absolute Gasteiger partial charge is 0.431 e. The zero-order valence-electron chi connectivity index (χ0n) is 9.76. The molecule has 1 aromatic heterocycles. The van der Waals surface area contributed by atoms with Crippen molar-refractivity contribution in [3.63, 3.8) is 0 Å². The fraction of sp³-hybridized carbons (Fsp3) is 0.0909. The topological polar surface area (TPSA) is 54.9 Å². The van der Waals surface area contributed by atoms with Crippen LogP contribution in [0, 0.1) is 0 Å². The first-order valence-corrected chi connectivity index (χ1v) is 6.33. The highest BCUT2D eigenvalue weighted by Crippen LogP contribution is 2.33. The summed E-state index contributed by atoms with van der Waals surface area (Å²) in [5.74, 6) is 0. The molecule has 4 nitrogen and oxygen atoms in total. The van der Waals surface area contributed by atoms with E-state index in [0.717, 1.165) is 0 Å². The first-order chi connectivity index (χ1) is 9.62. The molecule has 0 aliphatic heterocycles. The fourth-order valence-corrected chi connectivity index (χ4v) is 2.18. The van der Waals surface area contributed by atoms with E-state index in [1.165, 1.54) is 12.1 Å². The number of aromatic amines is 1. The molecule has 1 aromatic carbocycles. The Morgan fingerprint density at radius 3 is 2.19 bits per heavy atom. The highest BCUT2D eigenvalue weighted by Gasteiger charge is 2.33. The van der Waals surface area contributed by atoms with Gasteiger partial charge in [-0.3, -0.25) is 4.79 Å². The van der Waals surface area contributed by atoms with Crippen molar-refractivity contribution in [2.45, 2.75) is 6.18 Å². The molecule has 0 fully saturated rings. The van der Waals surface area contributed by atoms with Gasteiger partial charge in [-0.05, 0) is 12.1 Å². The van der Waals surface area contributed by atoms with Crippen LogP contribution in [0.1, 0.15) is 5.69 Å². The molecule has 10 heteroatoms. The lowest BCUT2D eigenvalue weighted by atomic mass is 10.3. The first kappa shape index (κ1) is 15.9. The van der Waals surface area contributed by atoms with E-state index >= 15 is 0 Å². The predicted molar refractivity (Wildman–Crippen MR) is 72.7 cm³/mol. The lowest BCUT2D eigenvalue weighted by molar-refractivity contribution is -0.141. The molecule has 0 unspecified atom stereocenters. The van der Waals surface area contributed by atoms with Crippen molar-refractivity contribution in [1.29, 1.82) is 0 Å². The summed E-state index contributed by atoms with van der Waals surface area (Å²) in [6.45, 7) is 0. The van der Waals surface area contributed by atoms with Crippen molar-refractivity contribution in [3.05, 3.63) is 59.8 Å². The van der Waals surface area contributed by atoms with Gasteiger partial charge in [-0.2, -0.15) is 13.2 Å². The fourth-order valence-electron chi connectivity index (χ4n) is 1.56. The minimum Gasteiger partial charge on any atom is -0.303 e. The normalized spacial score (nSPS) is 11.7. The third-order valence-electron chi connectivity index (χ3n) is 2.49. The molecule has 0 spiro atoms. The monoisotopic (exact) mass is 358 g/mol. The smallest absolute Gasteiger partial charge is 0.303 e. The van der Waals surface area contributed by atoms with E-state index in [1.54, 1.807) is 4.98 Å². The highest BCUT2D eigenvalue weighted by molar-refractivity contribution is 6.48. The van der Waals surface area contributed by atoms with Gasteiger partial charge in [-0.25, -0.2) is 9.36 Å². The van der Waals surface area contributed by atoms with Gasteiger partial charge in [0.1, 0.15) is 5.69 Å². The van der Waals surface area contributed by atoms with Crippen molar-refractivity contribution >= 4 is 34.8 Å². The van der Waals surface area contributed by atoms with Crippen LogP contribution in [0.3, 0.4) is 0 Å². The van der Waals surface area contributed by atoms with Crippen molar-refractivity contribution < 1.29 is 13.2 Å². The van der Waals surface area contributed by atoms with Crippen LogP contribution in [0.5, 0.6) is 0 Å². The van der Waals surface area contributed by atoms with Crippen LogP contribution >= 0.6 is 34.8 Å². The molecule has 21 heavy (non-hydrogen) atoms. The predicted octanol–water partition coefficient (Wildman–Crippen LogP) is 3.50. The summed E-state index contributed by atoms with van der Waals surface area (Å²) in [6, 6.07) is 2.70. The molecule has 2 rings (SSSR count). The van der Waals surface area contributed by atoms with Crippen molar-refractivity contribution in [2.75, 3.05) is 0 Å². The average molecular weight is 360 g/mol. The molecule has 0 bridgehead atoms. The highest BCUT2D eigenvalue weighted by atomic mass is 35.5. The number of benzene rings is 1. The maximum atomic E-state index is 12.5. The van der Waals surface area contributed by atoms with Gasteiger partial charge >= 0.3 is 11.9 Å². The molecule has 2 aromatic rings. The van der Waals surface area contributed by atoms with E-state index in [9.17, 15) is 22.8 Å². The second kappa shape index (κ2) is 5.40. The SMILES string of the molecule is O=c1cc(C(F)(F)F)[nH]c(=O)n1-c1ccc(Cl)c(Cl)c1Cl. The van der Waals surface area contributed by atoms with Crippen LogP contribution in [0.15, 0.2) is 27.8 Å². The Morgan fingerprint density at radius 1 is 1.05 bits per heavy atom. The summed E-state index contributed by atoms with van der Waals surface area (Å²) in [5.41, 5.74) is -4.13. The lowest BCUT2D eigenvalue weighted by Gasteiger charge is -2.11. The third-order valence-corrected chi connectivity index (χ3v) is 3.78. The number of rotatable bonds is 1. The van der Waals surface area contributed by atoms with Crippen LogP contribution in [0.25, 0.3) is 5.69 Å². The van der Waals surface area contributed by atoms with Gasteiger partial charge in [0.25, 0.3) is 5.56 Å². The Balaban J connectivity index is 2.76. The lowest BCUT2D eigenvalue weighted by Crippen LogP contribution is -2.36. The Kier molecular flexibility index (Phi) is 4.10. The third kappa shape index (κ3) is 2.95. The Morgan fingerprint density at radius 2 is 1.67 bits per heavy atom. The number of aromatic nitrogens is 2. The average Bonchev–Trinajstić information content (AvgIpc) is 2.36. The molecule has 0 saturated heterocycles. The molecular formula is C11H4Cl3F3N2O2. The summed E-state index contributed by atoms with van der Waals surface area (Å²) in [4.78, 5) is 25.1. The molecule has 0 atom stereocenters. The number of nitrogens with one attached hydrogen (secondary N) is 1. The Bertz CT molecular complexity index is 796. The van der Waals surface area contributed by atoms with E-state index < -0.39 is 23.1 Å². The van der Waals surface area contributed by atoms with Crippen LogP contribution in [-0.4, -0.2) is 9.55 Å². The maximum absolute atomic E-state index is 12.5. The molecule has 0 aliphatic carbocycles. The van der Waals surface area contributed by atoms with Gasteiger partial charge in [-0.15, -0.1) is 0 Å². The standard InChI is InChI=1S/C11H4Cl3F3N2O2/c12-4-1-2-5(9(14)8(4)13)19-7(20)3-6(11(15,16)17)18-10(19)21/h1-3H,(H,18,21). The molecule has 0 radical (unpaired) electrons. The maximum Gasteiger partial charge on any atom is 0.431 e. The molecule has 1 heterocycles. The van der Waals surface area contributed by atoms with Gasteiger partial charge in [0.15, 0.2) is 0 Å². The molecule has 0 amide bonds. The van der Waals surface area contributed by atoms with Crippen LogP contribution in [0.2, 0.25) is 15.1 Å². The van der Waals surface area contributed by atoms with Gasteiger partial charge in [0.2, 0.25) is 0 Å². The number of halogens is 6. The summed E-state index contributed by atoms with van der Waals surface area (Å²) >= 11 is 17.3. The molecule has 112 valence electrons. The number of hydrogen-bond acceptors (Lipinski definition) is 2. The van der Waals surface area contributed by atoms with Gasteiger partial charge < -0.3 is 4.98 Å². The van der Waals surface area contributed by atoms with Gasteiger partial charge in [0, 0.05) is 6.07 Å². The Hall–Kier alpha value is -1.44. The Labute approximate surface area is 129 Å². The summed E-state index contributed by atoms with van der Waals surface area (Å²) < 4.78 is 37.9. The number of H-pyrrole nitrogens is 1. The zero-order chi connectivity index (χ0) is 15.9. The van der Waals surface area contributed by atoms with E-state index in [-0.39, 0.29) is 26.8 Å². The molecule has 0 aliphatic rings. The van der Waals surface area contributed by atoms with E-state index in [2.05, 4.69) is 0 Å². The van der Waals surface area contributed by atoms with Gasteiger partial charge in [0.05, 0.1) is 20.8 Å². The van der Waals surface area contributed by atoms with E-state index in [1.807, 2.05) is 0 Å². The van der Waals surface area contributed by atoms with E-state index in [4.69, 9.17) is 34.8 Å². The summed E-state index contributed by atoms with van der Waals surface area (Å²) in [5, 5.41) is -0.277. The van der Waals surface area contributed by atoms with Crippen molar-refractivity contribution in [3.8, 4) is 5.69 Å². The minimum absolute atomic E-state index is 0.0711. The van der Waals surface area contributed by atoms with Crippen LogP contribution < -0.4 is 11.2 Å². The van der Waals surface area contributed by atoms with Crippen LogP contribution in [0.4, 0.5) is 13.2 Å². The van der Waals surface area contributed by atoms with Crippen molar-refractivity contribution in [2.24, 2.45) is 0 Å². The summed E-state index contributed by atoms with van der Waals surface area (Å²) in [7, 11) is 0. The molecule has 1 N–H and O–H groups in total. The second-order valence-electron chi connectivity index (χ2n) is 3.85. The van der Waals surface area contributed by atoms with Crippen LogP contribution in [-0.2, 0) is 6.18 Å².